The van der Waals surface area contributed by atoms with Crippen molar-refractivity contribution in [2.45, 2.75) is 64.2 Å². The summed E-state index contributed by atoms with van der Waals surface area (Å²) >= 11 is 0. The van der Waals surface area contributed by atoms with E-state index in [1.165, 1.54) is 57.8 Å². The van der Waals surface area contributed by atoms with Crippen LogP contribution in [0.2, 0.25) is 0 Å². The number of Topliss-reactive ketones (excluding diaryl/α,β-unsaturated/α-hetero) is 1. The third-order valence-corrected chi connectivity index (χ3v) is 9.51. The molecule has 1 nitrogen and oxygen atoms in total. The summed E-state index contributed by atoms with van der Waals surface area (Å²) in [4.78, 5) is 13.4. The number of hydrogen-bond donors (Lipinski definition) is 0. The molecule has 0 bridgehead atoms. The molecule has 0 aliphatic heterocycles. The standard InChI is InChI=1S/C20H28O/c21-17-9-13-3-1-11-5-7-15(18(11)13)20(17)10-14-4-2-12-6-8-16(20)19(12)14/h11-16,18-19H,1-10H2/t11?,12?,13?,14?,15?,16?,18-,19-,20-/m1/s1. The summed E-state index contributed by atoms with van der Waals surface area (Å²) < 4.78 is 0. The second-order valence-corrected chi connectivity index (χ2v) is 9.59. The van der Waals surface area contributed by atoms with E-state index in [0.717, 1.165) is 59.5 Å². The topological polar surface area (TPSA) is 17.1 Å². The van der Waals surface area contributed by atoms with Crippen molar-refractivity contribution < 1.29 is 4.79 Å². The molecule has 9 atom stereocenters. The molecule has 6 aliphatic rings. The van der Waals surface area contributed by atoms with Crippen molar-refractivity contribution >= 4 is 5.78 Å². The summed E-state index contributed by atoms with van der Waals surface area (Å²) in [7, 11) is 0. The molecule has 6 saturated carbocycles. The Morgan fingerprint density at radius 1 is 0.667 bits per heavy atom. The molecule has 0 N–H and O–H groups in total. The molecule has 6 aliphatic carbocycles. The van der Waals surface area contributed by atoms with Gasteiger partial charge in [0.15, 0.2) is 0 Å². The normalized spacial score (nSPS) is 63.5. The molecule has 6 rings (SSSR count). The first-order valence-electron chi connectivity index (χ1n) is 9.82. The maximum absolute atomic E-state index is 13.4. The highest BCUT2D eigenvalue weighted by Crippen LogP contribution is 2.73. The van der Waals surface area contributed by atoms with Crippen LogP contribution in [0.15, 0.2) is 0 Å². The van der Waals surface area contributed by atoms with Crippen molar-refractivity contribution in [2.75, 3.05) is 0 Å². The Hall–Kier alpha value is -0.330. The Balaban J connectivity index is 1.47. The number of rotatable bonds is 0. The van der Waals surface area contributed by atoms with Gasteiger partial charge in [0.25, 0.3) is 0 Å². The van der Waals surface area contributed by atoms with Gasteiger partial charge in [0.2, 0.25) is 0 Å². The van der Waals surface area contributed by atoms with Crippen molar-refractivity contribution in [2.24, 2.45) is 52.8 Å². The molecule has 0 aromatic rings. The second-order valence-electron chi connectivity index (χ2n) is 9.59. The zero-order chi connectivity index (χ0) is 13.8. The Labute approximate surface area is 128 Å². The number of fused-ring (bicyclic) bond motifs is 2. The first-order valence-corrected chi connectivity index (χ1v) is 9.82. The van der Waals surface area contributed by atoms with Gasteiger partial charge in [-0.25, -0.2) is 0 Å². The molecule has 0 aromatic carbocycles. The molecular formula is C20H28O. The number of carbonyl (C=O) groups excluding carboxylic acids is 1. The van der Waals surface area contributed by atoms with E-state index in [1.807, 2.05) is 0 Å². The van der Waals surface area contributed by atoms with E-state index in [-0.39, 0.29) is 5.41 Å². The average molecular weight is 284 g/mol. The quantitative estimate of drug-likeness (QED) is 0.642. The predicted molar refractivity (Wildman–Crippen MR) is 81.5 cm³/mol. The zero-order valence-corrected chi connectivity index (χ0v) is 13.1. The summed E-state index contributed by atoms with van der Waals surface area (Å²) in [5.74, 6) is 8.15. The summed E-state index contributed by atoms with van der Waals surface area (Å²) in [6, 6.07) is 0. The highest BCUT2D eigenvalue weighted by molar-refractivity contribution is 5.87. The maximum Gasteiger partial charge on any atom is 0.139 e. The van der Waals surface area contributed by atoms with Gasteiger partial charge in [0.05, 0.1) is 0 Å². The first-order chi connectivity index (χ1) is 10.3. The van der Waals surface area contributed by atoms with Crippen LogP contribution in [0.25, 0.3) is 0 Å². The lowest BCUT2D eigenvalue weighted by Crippen LogP contribution is -2.50. The molecule has 0 amide bonds. The third kappa shape index (κ3) is 1.23. The van der Waals surface area contributed by atoms with Crippen LogP contribution in [0.1, 0.15) is 64.2 Å². The fourth-order valence-corrected chi connectivity index (χ4v) is 9.20. The molecular weight excluding hydrogens is 256 g/mol. The Bertz CT molecular complexity index is 510. The van der Waals surface area contributed by atoms with Gasteiger partial charge in [-0.2, -0.15) is 0 Å². The van der Waals surface area contributed by atoms with Crippen molar-refractivity contribution in [3.05, 3.63) is 0 Å². The van der Waals surface area contributed by atoms with E-state index in [1.54, 1.807) is 0 Å². The predicted octanol–water partition coefficient (Wildman–Crippen LogP) is 4.45. The number of ketones is 1. The van der Waals surface area contributed by atoms with Crippen LogP contribution in [0.4, 0.5) is 0 Å². The van der Waals surface area contributed by atoms with Gasteiger partial charge in [0.1, 0.15) is 5.78 Å². The van der Waals surface area contributed by atoms with Gasteiger partial charge in [-0.3, -0.25) is 4.79 Å². The molecule has 6 fully saturated rings. The van der Waals surface area contributed by atoms with Crippen LogP contribution in [-0.4, -0.2) is 5.78 Å². The SMILES string of the molecule is O=C1CC2CCC3CCC([C@H]32)[C@@]12CC1CCC3CCC2[C@H]31. The number of carbonyl (C=O) groups is 1. The van der Waals surface area contributed by atoms with Gasteiger partial charge in [0, 0.05) is 11.8 Å². The van der Waals surface area contributed by atoms with E-state index in [4.69, 9.17) is 0 Å². The molecule has 0 aromatic heterocycles. The van der Waals surface area contributed by atoms with Crippen LogP contribution >= 0.6 is 0 Å². The van der Waals surface area contributed by atoms with Crippen molar-refractivity contribution in [3.8, 4) is 0 Å². The van der Waals surface area contributed by atoms with Gasteiger partial charge >= 0.3 is 0 Å². The fraction of sp³-hybridized carbons (Fsp3) is 0.950. The zero-order valence-electron chi connectivity index (χ0n) is 13.1. The Kier molecular flexibility index (Phi) is 2.18. The molecule has 6 unspecified atom stereocenters. The minimum Gasteiger partial charge on any atom is -0.299 e. The van der Waals surface area contributed by atoms with E-state index >= 15 is 0 Å². The van der Waals surface area contributed by atoms with Crippen molar-refractivity contribution in [1.29, 1.82) is 0 Å². The van der Waals surface area contributed by atoms with Crippen molar-refractivity contribution in [1.82, 2.24) is 0 Å². The molecule has 0 heterocycles. The van der Waals surface area contributed by atoms with Crippen LogP contribution in [0.5, 0.6) is 0 Å². The third-order valence-electron chi connectivity index (χ3n) is 9.51. The van der Waals surface area contributed by atoms with Gasteiger partial charge in [-0.15, -0.1) is 0 Å². The van der Waals surface area contributed by atoms with Crippen LogP contribution < -0.4 is 0 Å². The molecule has 1 heteroatoms. The summed E-state index contributed by atoms with van der Waals surface area (Å²) in [6.07, 6.45) is 13.9. The van der Waals surface area contributed by atoms with Crippen LogP contribution in [0, 0.1) is 52.8 Å². The lowest BCUT2D eigenvalue weighted by Gasteiger charge is -2.48. The average Bonchev–Trinajstić information content (AvgIpc) is 3.22. The number of hydrogen-bond acceptors (Lipinski definition) is 1. The van der Waals surface area contributed by atoms with Crippen LogP contribution in [-0.2, 0) is 4.79 Å². The molecule has 0 radical (unpaired) electrons. The van der Waals surface area contributed by atoms with E-state index in [2.05, 4.69) is 0 Å². The highest BCUT2D eigenvalue weighted by atomic mass is 16.1. The molecule has 114 valence electrons. The highest BCUT2D eigenvalue weighted by Gasteiger charge is 2.69. The molecule has 21 heavy (non-hydrogen) atoms. The first kappa shape index (κ1) is 12.1. The maximum atomic E-state index is 13.4. The van der Waals surface area contributed by atoms with Gasteiger partial charge in [-0.1, -0.05) is 0 Å². The van der Waals surface area contributed by atoms with Gasteiger partial charge < -0.3 is 0 Å². The smallest absolute Gasteiger partial charge is 0.139 e. The van der Waals surface area contributed by atoms with Gasteiger partial charge in [-0.05, 0) is 105 Å². The largest absolute Gasteiger partial charge is 0.299 e. The fourth-order valence-electron chi connectivity index (χ4n) is 9.20. The van der Waals surface area contributed by atoms with E-state index in [9.17, 15) is 4.79 Å². The summed E-state index contributed by atoms with van der Waals surface area (Å²) in [5.41, 5.74) is 0.199. The Morgan fingerprint density at radius 2 is 1.19 bits per heavy atom. The van der Waals surface area contributed by atoms with E-state index < -0.39 is 0 Å². The lowest BCUT2D eigenvalue weighted by atomic mass is 9.54. The summed E-state index contributed by atoms with van der Waals surface area (Å²) in [6.45, 7) is 0. The lowest BCUT2D eigenvalue weighted by molar-refractivity contribution is -0.144. The molecule has 0 saturated heterocycles. The van der Waals surface area contributed by atoms with Crippen molar-refractivity contribution in [3.63, 3.8) is 0 Å². The summed E-state index contributed by atoms with van der Waals surface area (Å²) in [5, 5.41) is 0. The molecule has 1 spiro atoms. The van der Waals surface area contributed by atoms with E-state index in [0.29, 0.717) is 0 Å². The monoisotopic (exact) mass is 284 g/mol. The van der Waals surface area contributed by atoms with Crippen LogP contribution in [0.3, 0.4) is 0 Å². The second kappa shape index (κ2) is 3.77. The Morgan fingerprint density at radius 3 is 1.90 bits per heavy atom. The minimum absolute atomic E-state index is 0.199. The minimum atomic E-state index is 0.199.